The van der Waals surface area contributed by atoms with Crippen LogP contribution in [-0.2, 0) is 4.79 Å². The van der Waals surface area contributed by atoms with Crippen molar-refractivity contribution in [2.24, 2.45) is 11.0 Å². The first-order valence-electron chi connectivity index (χ1n) is 7.28. The van der Waals surface area contributed by atoms with Crippen molar-refractivity contribution in [3.8, 4) is 5.75 Å². The number of hydrazone groups is 1. The number of nitrogens with zero attached hydrogens (tertiary/aromatic N) is 1. The van der Waals surface area contributed by atoms with Crippen LogP contribution in [0.1, 0.15) is 38.2 Å². The molecule has 0 radical (unpaired) electrons. The van der Waals surface area contributed by atoms with Crippen LogP contribution in [0.5, 0.6) is 5.75 Å². The van der Waals surface area contributed by atoms with Crippen molar-refractivity contribution in [2.45, 2.75) is 39.5 Å². The van der Waals surface area contributed by atoms with E-state index < -0.39 is 0 Å². The van der Waals surface area contributed by atoms with Gasteiger partial charge in [-0.25, -0.2) is 5.43 Å². The highest BCUT2D eigenvalue weighted by Crippen LogP contribution is 2.22. The fourth-order valence-electron chi connectivity index (χ4n) is 2.45. The molecule has 21 heavy (non-hydrogen) atoms. The van der Waals surface area contributed by atoms with Gasteiger partial charge in [0.2, 0.25) is 0 Å². The SMILES string of the molecule is Cc1cc(Cl)ccc1OCC(=O)N/N=C1/CCCC(C)C1. The Labute approximate surface area is 130 Å². The Morgan fingerprint density at radius 1 is 1.52 bits per heavy atom. The molecule has 0 aliphatic heterocycles. The van der Waals surface area contributed by atoms with E-state index in [2.05, 4.69) is 17.5 Å². The van der Waals surface area contributed by atoms with Crippen LogP contribution in [0.25, 0.3) is 0 Å². The molecule has 1 aliphatic carbocycles. The molecule has 1 unspecified atom stereocenters. The van der Waals surface area contributed by atoms with Crippen LogP contribution in [0.3, 0.4) is 0 Å². The summed E-state index contributed by atoms with van der Waals surface area (Å²) in [5.41, 5.74) is 4.55. The van der Waals surface area contributed by atoms with Gasteiger partial charge in [-0.1, -0.05) is 18.5 Å². The summed E-state index contributed by atoms with van der Waals surface area (Å²) in [6.07, 6.45) is 4.33. The summed E-state index contributed by atoms with van der Waals surface area (Å²) < 4.78 is 5.47. The third kappa shape index (κ3) is 5.05. The van der Waals surface area contributed by atoms with Crippen molar-refractivity contribution in [3.05, 3.63) is 28.8 Å². The molecule has 0 saturated heterocycles. The molecule has 1 atom stereocenters. The van der Waals surface area contributed by atoms with Crippen molar-refractivity contribution in [2.75, 3.05) is 6.61 Å². The van der Waals surface area contributed by atoms with E-state index in [0.29, 0.717) is 16.7 Å². The van der Waals surface area contributed by atoms with Gasteiger partial charge < -0.3 is 4.74 Å². The second-order valence-corrected chi connectivity index (χ2v) is 6.05. The minimum atomic E-state index is -0.241. The molecular formula is C16H21ClN2O2. The topological polar surface area (TPSA) is 50.7 Å². The quantitative estimate of drug-likeness (QED) is 0.862. The summed E-state index contributed by atoms with van der Waals surface area (Å²) >= 11 is 5.87. The summed E-state index contributed by atoms with van der Waals surface area (Å²) in [5.74, 6) is 1.07. The summed E-state index contributed by atoms with van der Waals surface area (Å²) in [6, 6.07) is 5.31. The first-order chi connectivity index (χ1) is 10.0. The maximum atomic E-state index is 11.7. The van der Waals surface area contributed by atoms with E-state index in [4.69, 9.17) is 16.3 Å². The highest BCUT2D eigenvalue weighted by molar-refractivity contribution is 6.30. The Morgan fingerprint density at radius 3 is 3.05 bits per heavy atom. The van der Waals surface area contributed by atoms with Gasteiger partial charge in [0.15, 0.2) is 6.61 Å². The van der Waals surface area contributed by atoms with Gasteiger partial charge >= 0.3 is 0 Å². The zero-order valence-electron chi connectivity index (χ0n) is 12.5. The second kappa shape index (κ2) is 7.46. The molecule has 0 spiro atoms. The lowest BCUT2D eigenvalue weighted by atomic mass is 9.89. The maximum absolute atomic E-state index is 11.7. The molecule has 1 N–H and O–H groups in total. The monoisotopic (exact) mass is 308 g/mol. The Balaban J connectivity index is 1.80. The number of aryl methyl sites for hydroxylation is 1. The van der Waals surface area contributed by atoms with Crippen LogP contribution in [0.4, 0.5) is 0 Å². The lowest BCUT2D eigenvalue weighted by molar-refractivity contribution is -0.123. The van der Waals surface area contributed by atoms with E-state index in [0.717, 1.165) is 30.5 Å². The molecule has 0 aromatic heterocycles. The van der Waals surface area contributed by atoms with Crippen molar-refractivity contribution in [1.29, 1.82) is 0 Å². The van der Waals surface area contributed by atoms with E-state index in [9.17, 15) is 4.79 Å². The van der Waals surface area contributed by atoms with E-state index in [1.54, 1.807) is 18.2 Å². The number of hydrogen-bond acceptors (Lipinski definition) is 3. The first-order valence-corrected chi connectivity index (χ1v) is 7.65. The van der Waals surface area contributed by atoms with Crippen LogP contribution in [0, 0.1) is 12.8 Å². The lowest BCUT2D eigenvalue weighted by Gasteiger charge is -2.18. The molecule has 0 heterocycles. The number of carbonyl (C=O) groups excluding carboxylic acids is 1. The minimum absolute atomic E-state index is 0.0468. The Morgan fingerprint density at radius 2 is 2.33 bits per heavy atom. The highest BCUT2D eigenvalue weighted by Gasteiger charge is 2.14. The van der Waals surface area contributed by atoms with Crippen LogP contribution >= 0.6 is 11.6 Å². The van der Waals surface area contributed by atoms with Gasteiger partial charge in [0.25, 0.3) is 5.91 Å². The van der Waals surface area contributed by atoms with Gasteiger partial charge in [-0.3, -0.25) is 4.79 Å². The Hall–Kier alpha value is -1.55. The molecule has 1 aromatic rings. The normalized spacial score (nSPS) is 20.3. The zero-order chi connectivity index (χ0) is 15.2. The van der Waals surface area contributed by atoms with Crippen LogP contribution in [0.2, 0.25) is 5.02 Å². The first kappa shape index (κ1) is 15.8. The smallest absolute Gasteiger partial charge is 0.277 e. The van der Waals surface area contributed by atoms with Crippen molar-refractivity contribution >= 4 is 23.2 Å². The summed E-state index contributed by atoms with van der Waals surface area (Å²) in [6.45, 7) is 4.06. The number of nitrogens with one attached hydrogen (secondary N) is 1. The molecule has 1 amide bonds. The zero-order valence-corrected chi connectivity index (χ0v) is 13.2. The van der Waals surface area contributed by atoms with E-state index in [1.165, 1.54) is 6.42 Å². The number of hydrogen-bond donors (Lipinski definition) is 1. The number of halogens is 1. The average molecular weight is 309 g/mol. The van der Waals surface area contributed by atoms with E-state index in [-0.39, 0.29) is 12.5 Å². The van der Waals surface area contributed by atoms with Gasteiger partial charge in [-0.2, -0.15) is 5.10 Å². The lowest BCUT2D eigenvalue weighted by Crippen LogP contribution is -2.27. The molecule has 2 rings (SSSR count). The van der Waals surface area contributed by atoms with E-state index >= 15 is 0 Å². The van der Waals surface area contributed by atoms with Crippen molar-refractivity contribution < 1.29 is 9.53 Å². The Kier molecular flexibility index (Phi) is 5.62. The molecule has 114 valence electrons. The third-order valence-electron chi connectivity index (χ3n) is 3.58. The number of carbonyl (C=O) groups is 1. The molecule has 1 aliphatic rings. The van der Waals surface area contributed by atoms with Gasteiger partial charge in [0.1, 0.15) is 5.75 Å². The molecule has 1 saturated carbocycles. The predicted octanol–water partition coefficient (Wildman–Crippen LogP) is 3.71. The van der Waals surface area contributed by atoms with Gasteiger partial charge in [0.05, 0.1) is 0 Å². The van der Waals surface area contributed by atoms with Gasteiger partial charge in [0, 0.05) is 10.7 Å². The Bertz CT molecular complexity index is 543. The molecule has 5 heteroatoms. The van der Waals surface area contributed by atoms with E-state index in [1.807, 2.05) is 6.92 Å². The molecule has 1 aromatic carbocycles. The fourth-order valence-corrected chi connectivity index (χ4v) is 2.68. The minimum Gasteiger partial charge on any atom is -0.483 e. The van der Waals surface area contributed by atoms with Crippen molar-refractivity contribution in [1.82, 2.24) is 5.43 Å². The summed E-state index contributed by atoms with van der Waals surface area (Å²) in [7, 11) is 0. The van der Waals surface area contributed by atoms with Gasteiger partial charge in [-0.15, -0.1) is 0 Å². The third-order valence-corrected chi connectivity index (χ3v) is 3.82. The predicted molar refractivity (Wildman–Crippen MR) is 84.9 cm³/mol. The van der Waals surface area contributed by atoms with Crippen molar-refractivity contribution in [3.63, 3.8) is 0 Å². The molecule has 0 bridgehead atoms. The van der Waals surface area contributed by atoms with Crippen LogP contribution in [0.15, 0.2) is 23.3 Å². The molecular weight excluding hydrogens is 288 g/mol. The largest absolute Gasteiger partial charge is 0.483 e. The number of rotatable bonds is 4. The molecule has 1 fully saturated rings. The summed E-state index contributed by atoms with van der Waals surface area (Å²) in [4.78, 5) is 11.7. The highest BCUT2D eigenvalue weighted by atomic mass is 35.5. The second-order valence-electron chi connectivity index (χ2n) is 5.61. The van der Waals surface area contributed by atoms with Crippen LogP contribution in [-0.4, -0.2) is 18.2 Å². The van der Waals surface area contributed by atoms with Gasteiger partial charge in [-0.05, 0) is 62.3 Å². The fraction of sp³-hybridized carbons (Fsp3) is 0.500. The molecule has 4 nitrogen and oxygen atoms in total. The number of amides is 1. The number of ether oxygens (including phenoxy) is 1. The standard InChI is InChI=1S/C16H21ClN2O2/c1-11-4-3-5-14(8-11)18-19-16(20)10-21-15-7-6-13(17)9-12(15)2/h6-7,9,11H,3-5,8,10H2,1-2H3,(H,19,20)/b18-14-. The average Bonchev–Trinajstić information content (AvgIpc) is 2.44. The summed E-state index contributed by atoms with van der Waals surface area (Å²) in [5, 5.41) is 4.85. The van der Waals surface area contributed by atoms with Crippen LogP contribution < -0.4 is 10.2 Å². The maximum Gasteiger partial charge on any atom is 0.277 e. The number of benzene rings is 1.